The molecule has 6 rings (SSSR count). The zero-order valence-electron chi connectivity index (χ0n) is 33.9. The van der Waals surface area contributed by atoms with Crippen molar-refractivity contribution >= 4 is 52.3 Å². The van der Waals surface area contributed by atoms with Crippen molar-refractivity contribution in [3.63, 3.8) is 0 Å². The maximum absolute atomic E-state index is 13.3. The van der Waals surface area contributed by atoms with Gasteiger partial charge in [0.25, 0.3) is 5.91 Å². The number of aliphatic hydroxyl groups is 1. The van der Waals surface area contributed by atoms with Gasteiger partial charge in [0.15, 0.2) is 5.11 Å². The molecule has 3 saturated heterocycles. The molecule has 1 aliphatic carbocycles. The van der Waals surface area contributed by atoms with Crippen molar-refractivity contribution < 1.29 is 40.3 Å². The number of hydrogen-bond donors (Lipinski definition) is 3. The van der Waals surface area contributed by atoms with E-state index in [2.05, 4.69) is 22.5 Å². The van der Waals surface area contributed by atoms with Crippen LogP contribution in [-0.2, 0) is 25.4 Å². The Hall–Kier alpha value is -4.39. The third kappa shape index (κ3) is 12.1. The quantitative estimate of drug-likeness (QED) is 0.194. The first-order valence-corrected chi connectivity index (χ1v) is 20.3. The number of carbonyl (C=O) groups is 4. The Morgan fingerprint density at radius 1 is 1.02 bits per heavy atom. The highest BCUT2D eigenvalue weighted by molar-refractivity contribution is 7.80. The lowest BCUT2D eigenvalue weighted by Crippen LogP contribution is -2.50. The number of hydrogen-bond acceptors (Lipinski definition) is 8. The van der Waals surface area contributed by atoms with E-state index >= 15 is 0 Å². The van der Waals surface area contributed by atoms with E-state index in [1.54, 1.807) is 26.8 Å². The summed E-state index contributed by atoms with van der Waals surface area (Å²) in [6, 6.07) is 12.7. The first-order chi connectivity index (χ1) is 27.0. The van der Waals surface area contributed by atoms with Gasteiger partial charge in [-0.2, -0.15) is 18.4 Å². The molecule has 2 aromatic carbocycles. The van der Waals surface area contributed by atoms with Crippen molar-refractivity contribution in [2.45, 2.75) is 135 Å². The van der Waals surface area contributed by atoms with Crippen LogP contribution < -0.4 is 15.5 Å². The number of benzene rings is 2. The van der Waals surface area contributed by atoms with E-state index in [-0.39, 0.29) is 55.8 Å². The normalized spacial score (nSPS) is 21.1. The molecule has 57 heavy (non-hydrogen) atoms. The first kappa shape index (κ1) is 47.0. The minimum atomic E-state index is -4.69. The molecule has 3 N–H and O–H groups in total. The van der Waals surface area contributed by atoms with Gasteiger partial charge in [-0.1, -0.05) is 51.7 Å². The van der Waals surface area contributed by atoms with Gasteiger partial charge in [-0.3, -0.25) is 34.3 Å². The molecular formula is C42H61F3N6O5S. The Kier molecular flexibility index (Phi) is 17.6. The number of likely N-dealkylation sites (tertiary alicyclic amines) is 1. The SMILES string of the molecule is CC.CC1(C)C(=O)N(c2ccc(C#N)c(C(F)(F)F)c2)C(=S)N1C1CCCCC1.CCO.C[C@@H]1CCCCN1CC(=O)Nc1ccc(C2CCC(=O)NC2=O)cc1.[HH].[HH]. The van der Waals surface area contributed by atoms with Gasteiger partial charge in [-0.25, -0.2) is 0 Å². The predicted molar refractivity (Wildman–Crippen MR) is 222 cm³/mol. The van der Waals surface area contributed by atoms with Crippen LogP contribution >= 0.6 is 12.2 Å². The Morgan fingerprint density at radius 3 is 2.19 bits per heavy atom. The van der Waals surface area contributed by atoms with E-state index in [1.165, 1.54) is 17.4 Å². The smallest absolute Gasteiger partial charge is 0.397 e. The second-order valence-corrected chi connectivity index (χ2v) is 15.2. The van der Waals surface area contributed by atoms with E-state index < -0.39 is 22.8 Å². The largest absolute Gasteiger partial charge is 0.417 e. The number of thiocarbonyl (C=S) groups is 1. The zero-order valence-corrected chi connectivity index (χ0v) is 34.7. The minimum Gasteiger partial charge on any atom is -0.397 e. The molecule has 2 atom stereocenters. The third-order valence-corrected chi connectivity index (χ3v) is 10.9. The number of nitrogens with one attached hydrogen (secondary N) is 2. The van der Waals surface area contributed by atoms with Crippen LogP contribution in [0.15, 0.2) is 42.5 Å². The molecule has 316 valence electrons. The highest BCUT2D eigenvalue weighted by atomic mass is 32.1. The van der Waals surface area contributed by atoms with Gasteiger partial charge >= 0.3 is 6.18 Å². The lowest BCUT2D eigenvalue weighted by molar-refractivity contribution is -0.138. The lowest BCUT2D eigenvalue weighted by atomic mass is 9.90. The van der Waals surface area contributed by atoms with Crippen molar-refractivity contribution in [1.29, 1.82) is 5.26 Å². The fourth-order valence-electron chi connectivity index (χ4n) is 7.58. The molecule has 4 amide bonds. The number of amides is 4. The lowest BCUT2D eigenvalue weighted by Gasteiger charge is -2.39. The fraction of sp³-hybridized carbons (Fsp3) is 0.571. The summed E-state index contributed by atoms with van der Waals surface area (Å²) in [6.07, 6.45) is 4.78. The summed E-state index contributed by atoms with van der Waals surface area (Å²) in [5.41, 5.74) is -0.828. The van der Waals surface area contributed by atoms with Crippen LogP contribution in [0.4, 0.5) is 24.5 Å². The summed E-state index contributed by atoms with van der Waals surface area (Å²) >= 11 is 5.53. The Labute approximate surface area is 342 Å². The first-order valence-electron chi connectivity index (χ1n) is 19.9. The molecule has 3 heterocycles. The van der Waals surface area contributed by atoms with Gasteiger partial charge in [0.1, 0.15) is 5.54 Å². The molecule has 4 fully saturated rings. The second kappa shape index (κ2) is 21.4. The second-order valence-electron chi connectivity index (χ2n) is 14.8. The fourth-order valence-corrected chi connectivity index (χ4v) is 8.15. The maximum Gasteiger partial charge on any atom is 0.417 e. The molecule has 15 heteroatoms. The van der Waals surface area contributed by atoms with Gasteiger partial charge in [-0.05, 0) is 114 Å². The van der Waals surface area contributed by atoms with Crippen molar-refractivity contribution in [1.82, 2.24) is 15.1 Å². The van der Waals surface area contributed by atoms with Gasteiger partial charge in [-0.15, -0.1) is 0 Å². The van der Waals surface area contributed by atoms with Gasteiger partial charge in [0, 0.05) is 33.7 Å². The monoisotopic (exact) mass is 818 g/mol. The average molecular weight is 819 g/mol. The van der Waals surface area contributed by atoms with E-state index in [0.717, 1.165) is 74.9 Å². The van der Waals surface area contributed by atoms with Crippen LogP contribution in [0, 0.1) is 11.3 Å². The van der Waals surface area contributed by atoms with Crippen molar-refractivity contribution in [3.05, 3.63) is 59.2 Å². The van der Waals surface area contributed by atoms with Gasteiger partial charge < -0.3 is 15.3 Å². The maximum atomic E-state index is 13.3. The summed E-state index contributed by atoms with van der Waals surface area (Å²) in [6.45, 7) is 13.0. The van der Waals surface area contributed by atoms with E-state index in [9.17, 15) is 32.3 Å². The molecule has 0 bridgehead atoms. The molecule has 0 spiro atoms. The highest BCUT2D eigenvalue weighted by Crippen LogP contribution is 2.40. The van der Waals surface area contributed by atoms with Crippen LogP contribution in [0.3, 0.4) is 0 Å². The average Bonchev–Trinajstić information content (AvgIpc) is 3.36. The molecule has 3 aliphatic heterocycles. The van der Waals surface area contributed by atoms with Crippen molar-refractivity contribution in [3.8, 4) is 6.07 Å². The van der Waals surface area contributed by atoms with E-state index in [0.29, 0.717) is 25.4 Å². The summed E-state index contributed by atoms with van der Waals surface area (Å²) < 4.78 is 40.0. The molecule has 4 aliphatic rings. The van der Waals surface area contributed by atoms with Crippen LogP contribution in [0.1, 0.15) is 131 Å². The van der Waals surface area contributed by atoms with Crippen LogP contribution in [0.2, 0.25) is 0 Å². The Bertz CT molecular complexity index is 1770. The van der Waals surface area contributed by atoms with Crippen molar-refractivity contribution in [2.24, 2.45) is 0 Å². The number of piperidine rings is 2. The molecule has 0 aromatic heterocycles. The molecule has 2 aromatic rings. The summed E-state index contributed by atoms with van der Waals surface area (Å²) in [5, 5.41) is 22.1. The number of halogens is 3. The zero-order chi connectivity index (χ0) is 42.5. The summed E-state index contributed by atoms with van der Waals surface area (Å²) in [7, 11) is 0. The number of aliphatic hydroxyl groups excluding tert-OH is 1. The number of carbonyl (C=O) groups excluding carboxylic acids is 4. The van der Waals surface area contributed by atoms with Crippen LogP contribution in [0.5, 0.6) is 0 Å². The highest BCUT2D eigenvalue weighted by Gasteiger charge is 2.52. The number of nitrogens with zero attached hydrogens (tertiary/aromatic N) is 4. The van der Waals surface area contributed by atoms with Gasteiger partial charge in [0.2, 0.25) is 17.7 Å². The molecule has 1 saturated carbocycles. The molecular weight excluding hydrogens is 758 g/mol. The standard InChI is InChI=1S/C19H20F3N3OS.C19H25N3O3.C2H6O.C2H6.2H2/c1-18(2)16(26)24(17(27)25(18)13-6-4-3-5-7-13)14-9-8-12(11-23)15(10-14)19(20,21)22;1-13-4-2-3-11-22(13)12-18(24)20-15-7-5-14(6-8-15)16-9-10-17(23)21-19(16)25;1-2-3;1-2;;/h8-10,13H,3-7H2,1-2H3;5-8,13,16H,2-4,9-12H2,1H3,(H,20,24)(H,21,23,25);3H,2H2,1H3;1-2H3;2*1H/t;13-,16?;;;;/m.1..../s1. The third-order valence-electron chi connectivity index (χ3n) is 10.5. The predicted octanol–water partition coefficient (Wildman–Crippen LogP) is 8.16. The van der Waals surface area contributed by atoms with Crippen LogP contribution in [0.25, 0.3) is 0 Å². The number of alkyl halides is 3. The van der Waals surface area contributed by atoms with Crippen LogP contribution in [-0.4, -0.2) is 81.0 Å². The van der Waals surface area contributed by atoms with Gasteiger partial charge in [0.05, 0.1) is 35.3 Å². The number of imide groups is 1. The number of rotatable bonds is 6. The summed E-state index contributed by atoms with van der Waals surface area (Å²) in [5.74, 6) is -1.11. The summed E-state index contributed by atoms with van der Waals surface area (Å²) in [4.78, 5) is 53.7. The van der Waals surface area contributed by atoms with Crippen molar-refractivity contribution in [2.75, 3.05) is 29.9 Å². The number of anilines is 2. The topological polar surface area (TPSA) is 146 Å². The Balaban J connectivity index is 0.000000517. The molecule has 11 nitrogen and oxygen atoms in total. The van der Waals surface area contributed by atoms with E-state index in [4.69, 9.17) is 22.6 Å². The van der Waals surface area contributed by atoms with E-state index in [1.807, 2.05) is 43.0 Å². The molecule has 0 radical (unpaired) electrons. The minimum absolute atomic E-state index is 0. The number of nitriles is 1. The Morgan fingerprint density at radius 2 is 1.63 bits per heavy atom. The molecule has 1 unspecified atom stereocenters.